The van der Waals surface area contributed by atoms with E-state index in [1.807, 2.05) is 0 Å². The molecule has 0 aliphatic carbocycles. The minimum atomic E-state index is -0.599. The lowest BCUT2D eigenvalue weighted by Crippen LogP contribution is -2.41. The first-order valence-electron chi connectivity index (χ1n) is 6.63. The van der Waals surface area contributed by atoms with Gasteiger partial charge in [-0.25, -0.2) is 0 Å². The van der Waals surface area contributed by atoms with Gasteiger partial charge in [-0.1, -0.05) is 18.3 Å². The number of hydrogen-bond donors (Lipinski definition) is 2. The highest BCUT2D eigenvalue weighted by Crippen LogP contribution is 2.22. The summed E-state index contributed by atoms with van der Waals surface area (Å²) in [5.41, 5.74) is 0. The van der Waals surface area contributed by atoms with Crippen LogP contribution in [0.15, 0.2) is 11.5 Å². The number of ketones is 1. The Morgan fingerprint density at radius 2 is 1.32 bits per heavy atom. The first-order chi connectivity index (χ1) is 10.1. The SMILES string of the molecule is C=C(SCC(NC(C)=O)C(C)=O)C(CSC(C)=O)NC(C)=O. The molecule has 0 aromatic carbocycles. The summed E-state index contributed by atoms with van der Waals surface area (Å²) in [5, 5.41) is 5.24. The smallest absolute Gasteiger partial charge is 0.217 e. The zero-order valence-corrected chi connectivity index (χ0v) is 14.9. The van der Waals surface area contributed by atoms with Gasteiger partial charge in [0.15, 0.2) is 10.9 Å². The lowest BCUT2D eigenvalue weighted by atomic mass is 10.2. The first kappa shape index (κ1) is 20.7. The van der Waals surface area contributed by atoms with E-state index in [-0.39, 0.29) is 28.8 Å². The highest BCUT2D eigenvalue weighted by Gasteiger charge is 2.20. The molecule has 8 heteroatoms. The van der Waals surface area contributed by atoms with Crippen molar-refractivity contribution in [1.29, 1.82) is 0 Å². The van der Waals surface area contributed by atoms with Crippen molar-refractivity contribution < 1.29 is 19.2 Å². The molecule has 22 heavy (non-hydrogen) atoms. The van der Waals surface area contributed by atoms with Crippen molar-refractivity contribution in [2.45, 2.75) is 39.8 Å². The molecule has 124 valence electrons. The van der Waals surface area contributed by atoms with E-state index in [0.717, 1.165) is 11.8 Å². The summed E-state index contributed by atoms with van der Waals surface area (Å²) in [6.07, 6.45) is 0. The second-order valence-electron chi connectivity index (χ2n) is 4.70. The minimum Gasteiger partial charge on any atom is -0.348 e. The summed E-state index contributed by atoms with van der Waals surface area (Å²) in [5.74, 6) is 0.0581. The molecular formula is C14H22N2O4S2. The number of thioether (sulfide) groups is 2. The van der Waals surface area contributed by atoms with Crippen molar-refractivity contribution in [3.05, 3.63) is 11.5 Å². The molecule has 0 aliphatic rings. The topological polar surface area (TPSA) is 92.3 Å². The molecule has 0 rings (SSSR count). The van der Waals surface area contributed by atoms with Crippen molar-refractivity contribution in [2.24, 2.45) is 0 Å². The molecule has 0 aromatic rings. The summed E-state index contributed by atoms with van der Waals surface area (Å²) in [7, 11) is 0. The van der Waals surface area contributed by atoms with Crippen molar-refractivity contribution in [1.82, 2.24) is 10.6 Å². The molecule has 2 amide bonds. The third kappa shape index (κ3) is 9.62. The average Bonchev–Trinajstić information content (AvgIpc) is 2.37. The molecule has 0 bridgehead atoms. The Morgan fingerprint density at radius 1 is 0.864 bits per heavy atom. The van der Waals surface area contributed by atoms with Gasteiger partial charge in [0.25, 0.3) is 0 Å². The van der Waals surface area contributed by atoms with Crippen LogP contribution in [-0.4, -0.2) is 46.3 Å². The van der Waals surface area contributed by atoms with Gasteiger partial charge in [-0.15, -0.1) is 11.8 Å². The zero-order valence-electron chi connectivity index (χ0n) is 13.2. The number of Topliss-reactive ketones (excluding diaryl/α,β-unsaturated/α-hetero) is 1. The van der Waals surface area contributed by atoms with Crippen molar-refractivity contribution in [2.75, 3.05) is 11.5 Å². The molecule has 2 unspecified atom stereocenters. The Bertz CT molecular complexity index is 466. The maximum Gasteiger partial charge on any atom is 0.217 e. The van der Waals surface area contributed by atoms with E-state index in [2.05, 4.69) is 17.2 Å². The van der Waals surface area contributed by atoms with Crippen LogP contribution in [0.1, 0.15) is 27.7 Å². The molecular weight excluding hydrogens is 324 g/mol. The Hall–Kier alpha value is -1.28. The molecule has 0 aliphatic heterocycles. The summed E-state index contributed by atoms with van der Waals surface area (Å²) >= 11 is 2.38. The van der Waals surface area contributed by atoms with Crippen molar-refractivity contribution >= 4 is 46.2 Å². The lowest BCUT2D eigenvalue weighted by molar-refractivity contribution is -0.125. The van der Waals surface area contributed by atoms with Crippen LogP contribution in [0.25, 0.3) is 0 Å². The van der Waals surface area contributed by atoms with Crippen molar-refractivity contribution in [3.63, 3.8) is 0 Å². The summed E-state index contributed by atoms with van der Waals surface area (Å²) in [4.78, 5) is 45.5. The largest absolute Gasteiger partial charge is 0.348 e. The molecule has 0 saturated carbocycles. The van der Waals surface area contributed by atoms with Gasteiger partial charge < -0.3 is 10.6 Å². The van der Waals surface area contributed by atoms with Gasteiger partial charge in [-0.2, -0.15) is 0 Å². The number of hydrogen-bond acceptors (Lipinski definition) is 6. The fourth-order valence-corrected chi connectivity index (χ4v) is 3.29. The predicted molar refractivity (Wildman–Crippen MR) is 90.6 cm³/mol. The fraction of sp³-hybridized carbons (Fsp3) is 0.571. The number of carbonyl (C=O) groups excluding carboxylic acids is 4. The maximum atomic E-state index is 11.5. The molecule has 2 N–H and O–H groups in total. The Morgan fingerprint density at radius 3 is 1.73 bits per heavy atom. The number of rotatable bonds is 9. The summed E-state index contributed by atoms with van der Waals surface area (Å²) in [6.45, 7) is 9.49. The van der Waals surface area contributed by atoms with Crippen LogP contribution in [0.3, 0.4) is 0 Å². The summed E-state index contributed by atoms with van der Waals surface area (Å²) in [6, 6.07) is -0.973. The van der Waals surface area contributed by atoms with Gasteiger partial charge in [0.05, 0.1) is 12.1 Å². The van der Waals surface area contributed by atoms with Gasteiger partial charge in [-0.05, 0) is 6.92 Å². The van der Waals surface area contributed by atoms with Crippen LogP contribution in [0.2, 0.25) is 0 Å². The summed E-state index contributed by atoms with van der Waals surface area (Å²) < 4.78 is 0. The molecule has 0 fully saturated rings. The van der Waals surface area contributed by atoms with E-state index in [9.17, 15) is 19.2 Å². The van der Waals surface area contributed by atoms with Gasteiger partial charge >= 0.3 is 0 Å². The fourth-order valence-electron chi connectivity index (χ4n) is 1.46. The molecule has 0 radical (unpaired) electrons. The monoisotopic (exact) mass is 346 g/mol. The lowest BCUT2D eigenvalue weighted by Gasteiger charge is -2.21. The number of nitrogens with one attached hydrogen (secondary N) is 2. The van der Waals surface area contributed by atoms with Crippen LogP contribution in [0.5, 0.6) is 0 Å². The molecule has 2 atom stereocenters. The normalized spacial score (nSPS) is 12.9. The third-order valence-corrected chi connectivity index (χ3v) is 4.58. The Labute approximate surface area is 139 Å². The van der Waals surface area contributed by atoms with Crippen LogP contribution < -0.4 is 10.6 Å². The zero-order chi connectivity index (χ0) is 17.3. The van der Waals surface area contributed by atoms with E-state index in [1.165, 1.54) is 39.5 Å². The quantitative estimate of drug-likeness (QED) is 0.650. The van der Waals surface area contributed by atoms with E-state index in [0.29, 0.717) is 16.4 Å². The van der Waals surface area contributed by atoms with Crippen LogP contribution in [0, 0.1) is 0 Å². The van der Waals surface area contributed by atoms with E-state index in [1.54, 1.807) is 0 Å². The predicted octanol–water partition coefficient (Wildman–Crippen LogP) is 1.11. The van der Waals surface area contributed by atoms with E-state index >= 15 is 0 Å². The molecule has 0 spiro atoms. The van der Waals surface area contributed by atoms with Gasteiger partial charge in [0.2, 0.25) is 11.8 Å². The van der Waals surface area contributed by atoms with Gasteiger partial charge in [0.1, 0.15) is 0 Å². The second-order valence-corrected chi connectivity index (χ2v) is 7.04. The third-order valence-electron chi connectivity index (χ3n) is 2.52. The molecule has 0 heterocycles. The Kier molecular flexibility index (Phi) is 9.84. The molecule has 6 nitrogen and oxygen atoms in total. The highest BCUT2D eigenvalue weighted by atomic mass is 32.2. The minimum absolute atomic E-state index is 0.0481. The molecule has 0 saturated heterocycles. The van der Waals surface area contributed by atoms with E-state index < -0.39 is 6.04 Å². The number of carbonyl (C=O) groups is 4. The second kappa shape index (κ2) is 10.4. The van der Waals surface area contributed by atoms with Crippen LogP contribution in [0.4, 0.5) is 0 Å². The van der Waals surface area contributed by atoms with Crippen LogP contribution >= 0.6 is 23.5 Å². The standard InChI is InChI=1S/C14H22N2O4S2/c1-8(17)13(15-10(3)18)6-21-9(2)14(16-11(4)19)7-22-12(5)20/h13-14H,2,6-7H2,1,3-5H3,(H,15,18)(H,16,19). The average molecular weight is 346 g/mol. The number of amides is 2. The van der Waals surface area contributed by atoms with E-state index in [4.69, 9.17) is 0 Å². The maximum absolute atomic E-state index is 11.5. The highest BCUT2D eigenvalue weighted by molar-refractivity contribution is 8.13. The van der Waals surface area contributed by atoms with Gasteiger partial charge in [-0.3, -0.25) is 19.2 Å². The van der Waals surface area contributed by atoms with Crippen LogP contribution in [-0.2, 0) is 19.2 Å². The Balaban J connectivity index is 4.64. The first-order valence-corrected chi connectivity index (χ1v) is 8.60. The van der Waals surface area contributed by atoms with Gasteiger partial charge in [0, 0.05) is 37.2 Å². The van der Waals surface area contributed by atoms with Crippen molar-refractivity contribution in [3.8, 4) is 0 Å². The molecule has 0 aromatic heterocycles.